The van der Waals surface area contributed by atoms with Crippen molar-refractivity contribution in [2.24, 2.45) is 0 Å². The Kier molecular flexibility index (Phi) is 5.75. The first-order valence-corrected chi connectivity index (χ1v) is 12.3. The number of nitrogens with one attached hydrogen (secondary N) is 2. The molecule has 4 rings (SSSR count). The van der Waals surface area contributed by atoms with Gasteiger partial charge < -0.3 is 0 Å². The number of amides is 1. The summed E-state index contributed by atoms with van der Waals surface area (Å²) in [7, 11) is -3.73. The van der Waals surface area contributed by atoms with E-state index >= 15 is 0 Å². The fourth-order valence-corrected chi connectivity index (χ4v) is 5.10. The summed E-state index contributed by atoms with van der Waals surface area (Å²) in [6, 6.07) is 20.9. The summed E-state index contributed by atoms with van der Waals surface area (Å²) in [5.74, 6) is -0.246. The van der Waals surface area contributed by atoms with Gasteiger partial charge in [-0.05, 0) is 53.4 Å². The molecule has 1 heterocycles. The third kappa shape index (κ3) is 4.81. The number of benzene rings is 3. The van der Waals surface area contributed by atoms with Gasteiger partial charge in [-0.1, -0.05) is 62.4 Å². The Morgan fingerprint density at radius 2 is 1.62 bits per heavy atom. The van der Waals surface area contributed by atoms with Gasteiger partial charge in [0.05, 0.1) is 20.8 Å². The summed E-state index contributed by atoms with van der Waals surface area (Å²) < 4.78 is 29.0. The first-order chi connectivity index (χ1) is 15.1. The lowest BCUT2D eigenvalue weighted by Gasteiger charge is -2.19. The van der Waals surface area contributed by atoms with Crippen LogP contribution in [0.3, 0.4) is 0 Å². The smallest absolute Gasteiger partial charge is 0.261 e. The van der Waals surface area contributed by atoms with Gasteiger partial charge in [-0.2, -0.15) is 0 Å². The zero-order chi connectivity index (χ0) is 22.9. The molecule has 1 aromatic heterocycles. The average molecular weight is 466 g/mol. The average Bonchev–Trinajstić information content (AvgIpc) is 3.15. The lowest BCUT2D eigenvalue weighted by molar-refractivity contribution is 0.102. The van der Waals surface area contributed by atoms with Gasteiger partial charge in [0.15, 0.2) is 5.13 Å². The second-order valence-corrected chi connectivity index (χ2v) is 11.1. The number of sulfonamides is 1. The quantitative estimate of drug-likeness (QED) is 0.399. The Labute approximate surface area is 191 Å². The number of carbonyl (C=O) groups excluding carboxylic acids is 1. The van der Waals surface area contributed by atoms with E-state index in [1.165, 1.54) is 11.3 Å². The van der Waals surface area contributed by atoms with Gasteiger partial charge in [-0.15, -0.1) is 0 Å². The minimum absolute atomic E-state index is 0.0550. The normalized spacial score (nSPS) is 12.0. The van der Waals surface area contributed by atoms with Crippen LogP contribution in [-0.2, 0) is 15.4 Å². The molecular formula is C24H23N3O3S2. The third-order valence-corrected chi connectivity index (χ3v) is 7.26. The summed E-state index contributed by atoms with van der Waals surface area (Å²) in [6.07, 6.45) is 0. The van der Waals surface area contributed by atoms with Gasteiger partial charge in [0, 0.05) is 5.56 Å². The second kappa shape index (κ2) is 8.37. The highest BCUT2D eigenvalue weighted by molar-refractivity contribution is 7.92. The highest BCUT2D eigenvalue weighted by Gasteiger charge is 2.18. The third-order valence-electron chi connectivity index (χ3n) is 4.93. The molecule has 8 heteroatoms. The van der Waals surface area contributed by atoms with Crippen molar-refractivity contribution in [3.63, 3.8) is 0 Å². The number of hydrogen-bond acceptors (Lipinski definition) is 5. The number of fused-ring (bicyclic) bond motifs is 1. The van der Waals surface area contributed by atoms with Crippen LogP contribution < -0.4 is 10.0 Å². The molecule has 6 nitrogen and oxygen atoms in total. The predicted octanol–water partition coefficient (Wildman–Crippen LogP) is 5.65. The molecule has 0 atom stereocenters. The van der Waals surface area contributed by atoms with Gasteiger partial charge >= 0.3 is 0 Å². The summed E-state index contributed by atoms with van der Waals surface area (Å²) in [6.45, 7) is 6.24. The van der Waals surface area contributed by atoms with E-state index < -0.39 is 10.0 Å². The Morgan fingerprint density at radius 3 is 2.28 bits per heavy atom. The van der Waals surface area contributed by atoms with Gasteiger partial charge in [0.2, 0.25) is 0 Å². The molecule has 0 unspecified atom stereocenters. The summed E-state index contributed by atoms with van der Waals surface area (Å²) in [4.78, 5) is 17.0. The topological polar surface area (TPSA) is 88.2 Å². The van der Waals surface area contributed by atoms with E-state index in [1.807, 2.05) is 18.2 Å². The zero-order valence-corrected chi connectivity index (χ0v) is 19.5. The van der Waals surface area contributed by atoms with Crippen molar-refractivity contribution in [1.82, 2.24) is 4.98 Å². The van der Waals surface area contributed by atoms with Crippen molar-refractivity contribution in [3.8, 4) is 0 Å². The molecule has 0 spiro atoms. The van der Waals surface area contributed by atoms with E-state index in [4.69, 9.17) is 0 Å². The largest absolute Gasteiger partial charge is 0.298 e. The fraction of sp³-hybridized carbons (Fsp3) is 0.167. The van der Waals surface area contributed by atoms with E-state index in [9.17, 15) is 13.2 Å². The number of anilines is 2. The lowest BCUT2D eigenvalue weighted by Crippen LogP contribution is -2.14. The molecule has 1 amide bonds. The maximum absolute atomic E-state index is 12.8. The van der Waals surface area contributed by atoms with Crippen LogP contribution in [0.2, 0.25) is 0 Å². The van der Waals surface area contributed by atoms with Crippen LogP contribution in [0.5, 0.6) is 0 Å². The van der Waals surface area contributed by atoms with Gasteiger partial charge in [0.25, 0.3) is 15.9 Å². The number of hydrogen-bond donors (Lipinski definition) is 2. The maximum Gasteiger partial charge on any atom is 0.261 e. The molecule has 0 saturated heterocycles. The van der Waals surface area contributed by atoms with E-state index in [0.29, 0.717) is 21.9 Å². The van der Waals surface area contributed by atoms with Crippen LogP contribution in [0.4, 0.5) is 10.8 Å². The van der Waals surface area contributed by atoms with Crippen LogP contribution in [-0.4, -0.2) is 19.3 Å². The van der Waals surface area contributed by atoms with Crippen LogP contribution in [0.1, 0.15) is 36.7 Å². The monoisotopic (exact) mass is 465 g/mol. The molecule has 164 valence electrons. The molecule has 0 aliphatic carbocycles. The van der Waals surface area contributed by atoms with E-state index in [1.54, 1.807) is 54.6 Å². The fourth-order valence-electron chi connectivity index (χ4n) is 3.15. The molecule has 4 aromatic rings. The first kappa shape index (κ1) is 22.0. The molecule has 2 N–H and O–H groups in total. The molecular weight excluding hydrogens is 442 g/mol. The molecule has 0 radical (unpaired) electrons. The minimum atomic E-state index is -3.73. The second-order valence-electron chi connectivity index (χ2n) is 8.40. The number of aromatic nitrogens is 1. The van der Waals surface area contributed by atoms with Crippen LogP contribution in [0, 0.1) is 0 Å². The van der Waals surface area contributed by atoms with E-state index in [-0.39, 0.29) is 16.2 Å². The molecule has 0 bridgehead atoms. The molecule has 0 aliphatic rings. The van der Waals surface area contributed by atoms with Crippen molar-refractivity contribution < 1.29 is 13.2 Å². The molecule has 0 saturated carbocycles. The number of rotatable bonds is 5. The van der Waals surface area contributed by atoms with Gasteiger partial charge in [0.1, 0.15) is 0 Å². The van der Waals surface area contributed by atoms with Crippen LogP contribution in [0.25, 0.3) is 10.2 Å². The Bertz CT molecular complexity index is 1370. The van der Waals surface area contributed by atoms with E-state index in [0.717, 1.165) is 10.3 Å². The molecule has 3 aromatic carbocycles. The Hall–Kier alpha value is -3.23. The minimum Gasteiger partial charge on any atom is -0.298 e. The predicted molar refractivity (Wildman–Crippen MR) is 130 cm³/mol. The first-order valence-electron chi connectivity index (χ1n) is 10.0. The van der Waals surface area contributed by atoms with Crippen LogP contribution in [0.15, 0.2) is 77.7 Å². The Balaban J connectivity index is 1.53. The zero-order valence-electron chi connectivity index (χ0n) is 17.9. The van der Waals surface area contributed by atoms with Crippen LogP contribution >= 0.6 is 11.3 Å². The number of thiazole rings is 1. The maximum atomic E-state index is 12.8. The number of nitrogens with zero attached hydrogens (tertiary/aromatic N) is 1. The summed E-state index contributed by atoms with van der Waals surface area (Å²) in [5.41, 5.74) is 2.66. The van der Waals surface area contributed by atoms with Crippen molar-refractivity contribution in [2.45, 2.75) is 31.1 Å². The Morgan fingerprint density at radius 1 is 0.938 bits per heavy atom. The SMILES string of the molecule is CC(C)(C)c1ccc(S(=O)(=O)Nc2ccc3nc(NC(=O)c4ccccc4)sc3c2)cc1. The van der Waals surface area contributed by atoms with Crippen molar-refractivity contribution in [1.29, 1.82) is 0 Å². The number of carbonyl (C=O) groups is 1. The highest BCUT2D eigenvalue weighted by atomic mass is 32.2. The molecule has 0 fully saturated rings. The standard InChI is InChI=1S/C24H23N3O3S2/c1-24(2,3)17-9-12-19(13-10-17)32(29,30)27-18-11-14-20-21(15-18)31-23(25-20)26-22(28)16-7-5-4-6-8-16/h4-15,27H,1-3H3,(H,25,26,28). The summed E-state index contributed by atoms with van der Waals surface area (Å²) >= 11 is 1.28. The highest BCUT2D eigenvalue weighted by Crippen LogP contribution is 2.30. The summed E-state index contributed by atoms with van der Waals surface area (Å²) in [5, 5.41) is 3.24. The van der Waals surface area contributed by atoms with Gasteiger partial charge in [-0.25, -0.2) is 13.4 Å². The van der Waals surface area contributed by atoms with Crippen molar-refractivity contribution in [2.75, 3.05) is 10.0 Å². The molecule has 0 aliphatic heterocycles. The van der Waals surface area contributed by atoms with Gasteiger partial charge in [-0.3, -0.25) is 14.8 Å². The van der Waals surface area contributed by atoms with Crippen molar-refractivity contribution >= 4 is 48.3 Å². The lowest BCUT2D eigenvalue weighted by atomic mass is 9.87. The van der Waals surface area contributed by atoms with E-state index in [2.05, 4.69) is 35.8 Å². The molecule has 32 heavy (non-hydrogen) atoms. The van der Waals surface area contributed by atoms with Crippen molar-refractivity contribution in [3.05, 3.63) is 83.9 Å².